The summed E-state index contributed by atoms with van der Waals surface area (Å²) in [5.41, 5.74) is 3.07. The van der Waals surface area contributed by atoms with Crippen LogP contribution in [0.25, 0.3) is 0 Å². The van der Waals surface area contributed by atoms with Gasteiger partial charge in [0.15, 0.2) is 0 Å². The van der Waals surface area contributed by atoms with E-state index in [0.717, 1.165) is 0 Å². The molecule has 0 nitrogen and oxygen atoms in total. The van der Waals surface area contributed by atoms with Crippen molar-refractivity contribution in [1.29, 1.82) is 0 Å². The molecule has 1 heteroatoms. The van der Waals surface area contributed by atoms with Gasteiger partial charge < -0.3 is 0 Å². The van der Waals surface area contributed by atoms with Crippen LogP contribution in [0.4, 0.5) is 0 Å². The Labute approximate surface area is 192 Å². The Balaban J connectivity index is 2.33. The van der Waals surface area contributed by atoms with Gasteiger partial charge in [-0.15, -0.1) is 0 Å². The van der Waals surface area contributed by atoms with Gasteiger partial charge in [-0.2, -0.15) is 10.0 Å². The summed E-state index contributed by atoms with van der Waals surface area (Å²) in [7, 11) is -1.47. The molecule has 0 N–H and O–H groups in total. The summed E-state index contributed by atoms with van der Waals surface area (Å²) in [5, 5.41) is 0. The Morgan fingerprint density at radius 2 is 0.742 bits per heavy atom. The summed E-state index contributed by atoms with van der Waals surface area (Å²) < 4.78 is 0.0564. The zero-order valence-corrected chi connectivity index (χ0v) is 21.7. The lowest BCUT2D eigenvalue weighted by Crippen LogP contribution is -2.26. The van der Waals surface area contributed by atoms with Crippen LogP contribution in [0, 0.1) is 0 Å². The third-order valence-electron chi connectivity index (χ3n) is 6.16. The fourth-order valence-electron chi connectivity index (χ4n) is 4.41. The Bertz CT molecular complexity index is 932. The smallest absolute Gasteiger partial charge is 0.00351 e. The maximum absolute atomic E-state index is 2.41. The minimum atomic E-state index is -1.47. The van der Waals surface area contributed by atoms with E-state index in [1.54, 1.807) is 0 Å². The first-order chi connectivity index (χ1) is 14.3. The number of hydrogen-bond acceptors (Lipinski definition) is 0. The predicted molar refractivity (Wildman–Crippen MR) is 139 cm³/mol. The van der Waals surface area contributed by atoms with Crippen molar-refractivity contribution in [1.82, 2.24) is 0 Å². The third-order valence-corrected chi connectivity index (χ3v) is 10.9. The average molecular weight is 433 g/mol. The highest BCUT2D eigenvalue weighted by molar-refractivity contribution is 8.34. The monoisotopic (exact) mass is 432 g/mol. The number of rotatable bonds is 3. The third kappa shape index (κ3) is 4.48. The minimum Gasteiger partial charge on any atom is -0.155 e. The lowest BCUT2D eigenvalue weighted by molar-refractivity contribution is 0.589. The molecule has 0 aromatic heterocycles. The lowest BCUT2D eigenvalue weighted by Gasteiger charge is -2.52. The maximum atomic E-state index is 2.41. The number of benzene rings is 3. The molecule has 3 aromatic rings. The molecule has 0 fully saturated rings. The Morgan fingerprint density at radius 3 is 1.03 bits per heavy atom. The average Bonchev–Trinajstić information content (AvgIpc) is 2.68. The van der Waals surface area contributed by atoms with E-state index in [-0.39, 0.29) is 15.6 Å². The second-order valence-corrected chi connectivity index (χ2v) is 15.5. The topological polar surface area (TPSA) is 0 Å². The largest absolute Gasteiger partial charge is 0.155 e. The van der Waals surface area contributed by atoms with Gasteiger partial charge in [-0.1, -0.05) is 105 Å². The summed E-state index contributed by atoms with van der Waals surface area (Å²) in [6, 6.07) is 30.1. The van der Waals surface area contributed by atoms with Gasteiger partial charge in [0.1, 0.15) is 0 Å². The molecule has 31 heavy (non-hydrogen) atoms. The molecule has 0 saturated carbocycles. The summed E-state index contributed by atoms with van der Waals surface area (Å²) >= 11 is 0. The highest BCUT2D eigenvalue weighted by Crippen LogP contribution is 2.75. The van der Waals surface area contributed by atoms with Crippen molar-refractivity contribution >= 4 is 10.0 Å². The van der Waals surface area contributed by atoms with E-state index in [1.165, 1.54) is 25.8 Å². The summed E-state index contributed by atoms with van der Waals surface area (Å²) in [6.45, 7) is 20.9. The van der Waals surface area contributed by atoms with Crippen molar-refractivity contribution < 1.29 is 0 Å². The molecule has 0 aliphatic heterocycles. The molecule has 0 saturated heterocycles. The maximum Gasteiger partial charge on any atom is 0.00351 e. The summed E-state index contributed by atoms with van der Waals surface area (Å²) in [5.74, 6) is 0. The van der Waals surface area contributed by atoms with Gasteiger partial charge in [-0.05, 0) is 73.0 Å². The highest BCUT2D eigenvalue weighted by atomic mass is 32.3. The van der Waals surface area contributed by atoms with Gasteiger partial charge in [0, 0.05) is 4.75 Å². The van der Waals surface area contributed by atoms with Crippen molar-refractivity contribution in [2.75, 3.05) is 0 Å². The van der Waals surface area contributed by atoms with Crippen molar-refractivity contribution in [3.63, 3.8) is 0 Å². The van der Waals surface area contributed by atoms with E-state index in [0.29, 0.717) is 0 Å². The minimum absolute atomic E-state index is 0.0564. The van der Waals surface area contributed by atoms with Crippen LogP contribution in [0.3, 0.4) is 0 Å². The van der Waals surface area contributed by atoms with Gasteiger partial charge in [-0.25, -0.2) is 0 Å². The predicted octanol–water partition coefficient (Wildman–Crippen LogP) is 9.36. The Hall–Kier alpha value is -1.99. The van der Waals surface area contributed by atoms with Crippen molar-refractivity contribution in [2.24, 2.45) is 0 Å². The molecule has 0 radical (unpaired) electrons. The van der Waals surface area contributed by atoms with Crippen LogP contribution in [0.5, 0.6) is 0 Å². The first-order valence-electron chi connectivity index (χ1n) is 11.4. The highest BCUT2D eigenvalue weighted by Gasteiger charge is 2.41. The van der Waals surface area contributed by atoms with E-state index in [4.69, 9.17) is 0 Å². The molecule has 0 heterocycles. The lowest BCUT2D eigenvalue weighted by atomic mass is 9.87. The summed E-state index contributed by atoms with van der Waals surface area (Å²) in [6.07, 6.45) is 0. The number of hydrogen-bond donors (Lipinski definition) is 0. The van der Waals surface area contributed by atoms with Gasteiger partial charge in [0.25, 0.3) is 0 Å². The fourth-order valence-corrected chi connectivity index (χ4v) is 9.00. The van der Waals surface area contributed by atoms with E-state index in [2.05, 4.69) is 141 Å². The van der Waals surface area contributed by atoms with Crippen LogP contribution < -0.4 is 0 Å². The zero-order valence-electron chi connectivity index (χ0n) is 20.9. The standard InChI is InChI=1S/C30H40S/c1-28(2,3)23-15-19-26(20-16-23)31(30(7,8)9,25-13-11-10-12-14-25)27-21-17-24(18-22-27)29(4,5)6/h10-22H,1-9H3. The second-order valence-electron chi connectivity index (χ2n) is 11.6. The summed E-state index contributed by atoms with van der Waals surface area (Å²) in [4.78, 5) is 4.29. The van der Waals surface area contributed by atoms with Crippen molar-refractivity contribution in [2.45, 2.75) is 92.6 Å². The van der Waals surface area contributed by atoms with E-state index >= 15 is 0 Å². The SMILES string of the molecule is CC(C)(C)c1ccc(S(c2ccccc2)(c2ccc(C(C)(C)C)cc2)C(C)(C)C)cc1. The molecule has 0 aliphatic carbocycles. The van der Waals surface area contributed by atoms with Crippen molar-refractivity contribution in [3.05, 3.63) is 90.0 Å². The van der Waals surface area contributed by atoms with Gasteiger partial charge in [-0.3, -0.25) is 0 Å². The van der Waals surface area contributed by atoms with Crippen LogP contribution in [0.15, 0.2) is 93.5 Å². The molecular formula is C30H40S. The fraction of sp³-hybridized carbons (Fsp3) is 0.400. The second kappa shape index (κ2) is 8.17. The van der Waals surface area contributed by atoms with Gasteiger partial charge in [0.05, 0.1) is 0 Å². The molecule has 0 unspecified atom stereocenters. The molecule has 3 rings (SSSR count). The molecule has 0 amide bonds. The van der Waals surface area contributed by atoms with Crippen LogP contribution >= 0.6 is 10.0 Å². The van der Waals surface area contributed by atoms with Crippen LogP contribution in [0.2, 0.25) is 0 Å². The Morgan fingerprint density at radius 1 is 0.419 bits per heavy atom. The zero-order chi connectivity index (χ0) is 23.1. The first-order valence-corrected chi connectivity index (χ1v) is 13.0. The van der Waals surface area contributed by atoms with E-state index in [1.807, 2.05) is 0 Å². The van der Waals surface area contributed by atoms with Crippen LogP contribution in [-0.2, 0) is 10.8 Å². The quantitative estimate of drug-likeness (QED) is 0.386. The molecule has 3 aromatic carbocycles. The van der Waals surface area contributed by atoms with Crippen LogP contribution in [-0.4, -0.2) is 4.75 Å². The normalized spacial score (nSPS) is 13.8. The molecular weight excluding hydrogens is 392 g/mol. The molecule has 0 aliphatic rings. The Kier molecular flexibility index (Phi) is 6.24. The molecule has 166 valence electrons. The van der Waals surface area contributed by atoms with E-state index in [9.17, 15) is 0 Å². The van der Waals surface area contributed by atoms with Crippen LogP contribution in [0.1, 0.15) is 73.4 Å². The van der Waals surface area contributed by atoms with Crippen molar-refractivity contribution in [3.8, 4) is 0 Å². The van der Waals surface area contributed by atoms with Gasteiger partial charge in [0.2, 0.25) is 0 Å². The molecule has 0 bridgehead atoms. The van der Waals surface area contributed by atoms with E-state index < -0.39 is 10.0 Å². The molecule has 0 atom stereocenters. The first kappa shape index (κ1) is 23.7. The molecule has 0 spiro atoms. The van der Waals surface area contributed by atoms with Gasteiger partial charge >= 0.3 is 0 Å².